The third kappa shape index (κ3) is 6.15. The number of amides is 1. The third-order valence-corrected chi connectivity index (χ3v) is 7.62. The molecular weight excluding hydrogens is 526 g/mol. The van der Waals surface area contributed by atoms with Crippen LogP contribution in [0.3, 0.4) is 0 Å². The number of ether oxygens (including phenoxy) is 3. The fourth-order valence-electron chi connectivity index (χ4n) is 5.25. The van der Waals surface area contributed by atoms with Crippen molar-refractivity contribution in [2.75, 3.05) is 20.3 Å². The second-order valence-electron chi connectivity index (χ2n) is 10.2. The Balaban J connectivity index is 1.52. The van der Waals surface area contributed by atoms with Crippen LogP contribution in [0.5, 0.6) is 5.75 Å². The molecule has 0 saturated carbocycles. The zero-order valence-corrected chi connectivity index (χ0v) is 22.2. The maximum atomic E-state index is 12.0. The Labute approximate surface area is 231 Å². The van der Waals surface area contributed by atoms with Crippen molar-refractivity contribution in [3.05, 3.63) is 53.6 Å². The Bertz CT molecular complexity index is 1160. The van der Waals surface area contributed by atoms with Gasteiger partial charge in [-0.05, 0) is 54.3 Å². The lowest BCUT2D eigenvalue weighted by Gasteiger charge is -2.46. The molecule has 1 amide bonds. The van der Waals surface area contributed by atoms with E-state index in [4.69, 9.17) is 14.2 Å². The van der Waals surface area contributed by atoms with Crippen molar-refractivity contribution in [1.82, 2.24) is 5.32 Å². The minimum Gasteiger partial charge on any atom is -0.462 e. The van der Waals surface area contributed by atoms with Crippen molar-refractivity contribution in [3.63, 3.8) is 0 Å². The average molecular weight is 564 g/mol. The first kappa shape index (κ1) is 30.3. The van der Waals surface area contributed by atoms with Crippen LogP contribution in [0.1, 0.15) is 22.3 Å². The number of aliphatic hydroxyl groups excluding tert-OH is 7. The lowest BCUT2D eigenvalue weighted by atomic mass is 9.81. The molecule has 0 bridgehead atoms. The Morgan fingerprint density at radius 3 is 2.12 bits per heavy atom. The molecule has 12 nitrogen and oxygen atoms in total. The van der Waals surface area contributed by atoms with Crippen LogP contribution >= 0.6 is 0 Å². The van der Waals surface area contributed by atoms with Gasteiger partial charge in [-0.2, -0.15) is 0 Å². The molecule has 0 aliphatic carbocycles. The number of nitrogens with one attached hydrogen (secondary N) is 1. The molecule has 8 N–H and O–H groups in total. The summed E-state index contributed by atoms with van der Waals surface area (Å²) in [4.78, 5) is 12.0. The molecule has 2 heterocycles. The van der Waals surface area contributed by atoms with Gasteiger partial charge in [-0.1, -0.05) is 18.2 Å². The van der Waals surface area contributed by atoms with E-state index in [1.807, 2.05) is 12.1 Å². The highest BCUT2D eigenvalue weighted by molar-refractivity contribution is 5.95. The molecule has 2 aliphatic rings. The average Bonchev–Trinajstić information content (AvgIpc) is 2.97. The summed E-state index contributed by atoms with van der Waals surface area (Å²) in [6, 6.07) is 12.4. The molecule has 0 unspecified atom stereocenters. The minimum absolute atomic E-state index is 0.191. The van der Waals surface area contributed by atoms with E-state index in [0.29, 0.717) is 16.9 Å². The predicted octanol–water partition coefficient (Wildman–Crippen LogP) is -1.31. The first-order valence-electron chi connectivity index (χ1n) is 13.1. The van der Waals surface area contributed by atoms with Crippen LogP contribution in [0.25, 0.3) is 11.1 Å². The fourth-order valence-corrected chi connectivity index (χ4v) is 5.25. The molecule has 2 aromatic rings. The molecule has 2 fully saturated rings. The molecule has 0 radical (unpaired) electrons. The van der Waals surface area contributed by atoms with Crippen molar-refractivity contribution in [2.45, 2.75) is 68.5 Å². The van der Waals surface area contributed by atoms with E-state index >= 15 is 0 Å². The van der Waals surface area contributed by atoms with Gasteiger partial charge < -0.3 is 55.3 Å². The van der Waals surface area contributed by atoms with E-state index < -0.39 is 74.3 Å². The van der Waals surface area contributed by atoms with Gasteiger partial charge in [0.05, 0.1) is 25.4 Å². The maximum absolute atomic E-state index is 12.0. The van der Waals surface area contributed by atoms with Crippen LogP contribution in [0.4, 0.5) is 0 Å². The van der Waals surface area contributed by atoms with Crippen LogP contribution in [0.2, 0.25) is 0 Å². The monoisotopic (exact) mass is 563 g/mol. The summed E-state index contributed by atoms with van der Waals surface area (Å²) in [5, 5.41) is 74.5. The highest BCUT2D eigenvalue weighted by atomic mass is 16.7. The van der Waals surface area contributed by atoms with Gasteiger partial charge in [0, 0.05) is 18.5 Å². The predicted molar refractivity (Wildman–Crippen MR) is 140 cm³/mol. The van der Waals surface area contributed by atoms with Gasteiger partial charge in [0.25, 0.3) is 5.91 Å². The van der Waals surface area contributed by atoms with Crippen LogP contribution in [0.15, 0.2) is 42.5 Å². The second kappa shape index (κ2) is 12.9. The molecule has 40 heavy (non-hydrogen) atoms. The van der Waals surface area contributed by atoms with Gasteiger partial charge >= 0.3 is 0 Å². The molecule has 12 heteroatoms. The number of rotatable bonds is 8. The summed E-state index contributed by atoms with van der Waals surface area (Å²) in [5.74, 6) is -0.861. The lowest BCUT2D eigenvalue weighted by molar-refractivity contribution is -0.278. The molecule has 2 aromatic carbocycles. The number of aryl methyl sites for hydroxylation is 1. The number of aliphatic hydroxyl groups is 7. The number of carbonyl (C=O) groups is 1. The molecule has 4 rings (SSSR count). The molecule has 10 atom stereocenters. The summed E-state index contributed by atoms with van der Waals surface area (Å²) in [6.45, 7) is 0.593. The first-order chi connectivity index (χ1) is 19.1. The number of carbonyl (C=O) groups excluding carboxylic acids is 1. The van der Waals surface area contributed by atoms with Crippen LogP contribution in [-0.2, 0) is 9.47 Å². The van der Waals surface area contributed by atoms with Crippen LogP contribution in [0, 0.1) is 12.8 Å². The Hall–Kier alpha value is -2.65. The normalized spacial score (nSPS) is 34.3. The van der Waals surface area contributed by atoms with Gasteiger partial charge in [-0.25, -0.2) is 0 Å². The van der Waals surface area contributed by atoms with Crippen molar-refractivity contribution < 1.29 is 54.8 Å². The van der Waals surface area contributed by atoms with Gasteiger partial charge in [-0.15, -0.1) is 0 Å². The third-order valence-electron chi connectivity index (χ3n) is 7.62. The first-order valence-corrected chi connectivity index (χ1v) is 13.1. The van der Waals surface area contributed by atoms with E-state index in [2.05, 4.69) is 5.32 Å². The zero-order valence-electron chi connectivity index (χ0n) is 22.2. The van der Waals surface area contributed by atoms with Gasteiger partial charge in [0.1, 0.15) is 42.4 Å². The largest absolute Gasteiger partial charge is 0.462 e. The Kier molecular flexibility index (Phi) is 9.77. The summed E-state index contributed by atoms with van der Waals surface area (Å²) in [7, 11) is 1.56. The van der Waals surface area contributed by atoms with E-state index in [1.54, 1.807) is 44.3 Å². The quantitative estimate of drug-likeness (QED) is 0.190. The van der Waals surface area contributed by atoms with Crippen molar-refractivity contribution in [3.8, 4) is 16.9 Å². The summed E-state index contributed by atoms with van der Waals surface area (Å²) in [5.41, 5.74) is 2.84. The van der Waals surface area contributed by atoms with Crippen LogP contribution in [-0.4, -0.2) is 117 Å². The molecule has 2 aliphatic heterocycles. The van der Waals surface area contributed by atoms with Crippen LogP contribution < -0.4 is 10.1 Å². The number of hydrogen-bond donors (Lipinski definition) is 8. The fraction of sp³-hybridized carbons (Fsp3) is 0.536. The standard InChI is InChI=1S/C28H37NO11/c1-13-8-15(14-4-3-5-16(9-14)27(37)29-2)6-7-18(13)39-28-23(33)17(22(32)20(11-30)40-28)10-19-24(34)26(36)25(35)21(12-31)38-19/h3-9,17,19-26,28,30-36H,10-12H2,1-2H3,(H,29,37)/t17-,19+,20+,21+,22-,23-,24+,25+,26+,28-/m0/s1. The highest BCUT2D eigenvalue weighted by Gasteiger charge is 2.50. The lowest BCUT2D eigenvalue weighted by Crippen LogP contribution is -2.62. The summed E-state index contributed by atoms with van der Waals surface area (Å²) >= 11 is 0. The number of hydrogen-bond acceptors (Lipinski definition) is 11. The van der Waals surface area contributed by atoms with Crippen molar-refractivity contribution in [1.29, 1.82) is 0 Å². The van der Waals surface area contributed by atoms with E-state index in [-0.39, 0.29) is 12.3 Å². The molecule has 220 valence electrons. The van der Waals surface area contributed by atoms with Gasteiger partial charge in [-0.3, -0.25) is 4.79 Å². The van der Waals surface area contributed by atoms with E-state index in [0.717, 1.165) is 11.1 Å². The molecule has 0 aromatic heterocycles. The Morgan fingerprint density at radius 2 is 1.48 bits per heavy atom. The SMILES string of the molecule is CNC(=O)c1cccc(-c2ccc(O[C@H]3O[C@H](CO)[C@@H](O)[C@H](C[C@H]4O[C@H](CO)[C@@H](O)[C@H](O)[C@@H]4O)[C@@H]3O)c(C)c2)c1. The molecule has 2 saturated heterocycles. The summed E-state index contributed by atoms with van der Waals surface area (Å²) < 4.78 is 17.2. The zero-order chi connectivity index (χ0) is 29.1. The van der Waals surface area contributed by atoms with Crippen molar-refractivity contribution in [2.24, 2.45) is 5.92 Å². The van der Waals surface area contributed by atoms with Gasteiger partial charge in [0.15, 0.2) is 0 Å². The smallest absolute Gasteiger partial charge is 0.251 e. The van der Waals surface area contributed by atoms with Gasteiger partial charge in [0.2, 0.25) is 6.29 Å². The second-order valence-corrected chi connectivity index (χ2v) is 10.2. The Morgan fingerprint density at radius 1 is 0.825 bits per heavy atom. The molecular formula is C28H37NO11. The maximum Gasteiger partial charge on any atom is 0.251 e. The minimum atomic E-state index is -1.61. The molecule has 0 spiro atoms. The topological polar surface area (TPSA) is 198 Å². The number of benzene rings is 2. The highest BCUT2D eigenvalue weighted by Crippen LogP contribution is 2.36. The summed E-state index contributed by atoms with van der Waals surface area (Å²) in [6.07, 6.45) is -12.4. The van der Waals surface area contributed by atoms with E-state index in [1.165, 1.54) is 0 Å². The van der Waals surface area contributed by atoms with E-state index in [9.17, 15) is 40.5 Å². The van der Waals surface area contributed by atoms with Crippen molar-refractivity contribution >= 4 is 5.91 Å².